The van der Waals surface area contributed by atoms with Crippen LogP contribution >= 0.6 is 0 Å². The number of pyridine rings is 1. The molecular weight excluding hydrogens is 369 g/mol. The van der Waals surface area contributed by atoms with Gasteiger partial charge in [-0.25, -0.2) is 0 Å². The van der Waals surface area contributed by atoms with Gasteiger partial charge >= 0.3 is 0 Å². The third-order valence-corrected chi connectivity index (χ3v) is 3.23. The van der Waals surface area contributed by atoms with Gasteiger partial charge in [0.15, 0.2) is 0 Å². The normalized spacial score (nSPS) is 11.6. The summed E-state index contributed by atoms with van der Waals surface area (Å²) in [6.45, 7) is 8.25. The molecule has 0 saturated carbocycles. The Labute approximate surface area is 173 Å². The molecule has 127 valence electrons. The maximum absolute atomic E-state index is 4.56. The van der Waals surface area contributed by atoms with Crippen molar-refractivity contribution >= 4 is 5.71 Å². The first-order valence-corrected chi connectivity index (χ1v) is 7.87. The molecule has 0 saturated heterocycles. The molecule has 1 radical (unpaired) electrons. The van der Waals surface area contributed by atoms with Gasteiger partial charge in [0.2, 0.25) is 0 Å². The molecule has 0 fully saturated rings. The number of allylic oxidation sites excluding steroid dienone is 2. The van der Waals surface area contributed by atoms with Crippen molar-refractivity contribution in [3.8, 4) is 0 Å². The van der Waals surface area contributed by atoms with Crippen LogP contribution in [0.15, 0.2) is 77.2 Å². The van der Waals surface area contributed by atoms with Crippen LogP contribution in [0.5, 0.6) is 0 Å². The number of hydrogen-bond acceptors (Lipinski definition) is 2. The van der Waals surface area contributed by atoms with Crippen LogP contribution in [-0.2, 0) is 39.1 Å². The Morgan fingerprint density at radius 3 is 1.79 bits per heavy atom. The van der Waals surface area contributed by atoms with Gasteiger partial charge in [0, 0.05) is 69.4 Å². The first-order chi connectivity index (χ1) is 10.8. The largest absolute Gasteiger partial charge is 0.358 e. The molecule has 0 unspecified atom stereocenters. The second-order valence-electron chi connectivity index (χ2n) is 4.91. The van der Waals surface area contributed by atoms with Gasteiger partial charge < -0.3 is 7.43 Å². The van der Waals surface area contributed by atoms with Crippen molar-refractivity contribution in [2.24, 2.45) is 4.99 Å². The summed E-state index contributed by atoms with van der Waals surface area (Å²) in [7, 11) is 0. The van der Waals surface area contributed by atoms with Crippen LogP contribution in [0, 0.1) is 7.43 Å². The van der Waals surface area contributed by atoms with Crippen LogP contribution in [0.1, 0.15) is 39.7 Å². The van der Waals surface area contributed by atoms with Crippen molar-refractivity contribution in [2.75, 3.05) is 0 Å². The molecule has 0 aliphatic carbocycles. The van der Waals surface area contributed by atoms with Crippen molar-refractivity contribution in [2.45, 2.75) is 40.5 Å². The monoisotopic (exact) mass is 398 g/mol. The summed E-state index contributed by atoms with van der Waals surface area (Å²) < 4.78 is 0. The number of aromatic nitrogens is 1. The minimum absolute atomic E-state index is 0. The summed E-state index contributed by atoms with van der Waals surface area (Å²) in [5.41, 5.74) is 5.27. The average Bonchev–Trinajstić information content (AvgIpc) is 2.90. The Morgan fingerprint density at radius 1 is 0.875 bits per heavy atom. The molecule has 3 rings (SSSR count). The van der Waals surface area contributed by atoms with E-state index in [9.17, 15) is 0 Å². The Bertz CT molecular complexity index is 563. The average molecular weight is 398 g/mol. The molecule has 1 aromatic carbocycles. The van der Waals surface area contributed by atoms with Gasteiger partial charge in [-0.05, 0) is 37.1 Å². The third kappa shape index (κ3) is 9.90. The van der Waals surface area contributed by atoms with Gasteiger partial charge in [0.05, 0.1) is 0 Å². The maximum atomic E-state index is 4.56. The summed E-state index contributed by atoms with van der Waals surface area (Å²) in [6, 6.07) is 16.2. The van der Waals surface area contributed by atoms with Gasteiger partial charge in [-0.2, -0.15) is 0 Å². The van der Waals surface area contributed by atoms with Crippen molar-refractivity contribution in [1.82, 2.24) is 4.98 Å². The molecule has 0 N–H and O–H groups in total. The predicted octanol–water partition coefficient (Wildman–Crippen LogP) is 5.92. The van der Waals surface area contributed by atoms with Crippen LogP contribution in [0.2, 0.25) is 0 Å². The number of aliphatic imine (C=N–C) groups is 1. The van der Waals surface area contributed by atoms with E-state index in [-0.39, 0.29) is 40.1 Å². The number of hydrogen-bond donors (Lipinski definition) is 0. The van der Waals surface area contributed by atoms with E-state index < -0.39 is 0 Å². The molecule has 0 spiro atoms. The first kappa shape index (κ1) is 25.1. The van der Waals surface area contributed by atoms with Crippen molar-refractivity contribution < 1.29 is 32.7 Å². The van der Waals surface area contributed by atoms with E-state index in [2.05, 4.69) is 54.2 Å². The van der Waals surface area contributed by atoms with Gasteiger partial charge in [0.1, 0.15) is 0 Å². The second kappa shape index (κ2) is 15.4. The topological polar surface area (TPSA) is 25.2 Å². The molecule has 2 nitrogen and oxygen atoms in total. The molecule has 0 atom stereocenters. The minimum Gasteiger partial charge on any atom is -0.358 e. The number of benzene rings is 1. The van der Waals surface area contributed by atoms with E-state index in [1.165, 1.54) is 22.5 Å². The number of rotatable bonds is 2. The quantitative estimate of drug-likeness (QED) is 0.576. The summed E-state index contributed by atoms with van der Waals surface area (Å²) >= 11 is 0. The summed E-state index contributed by atoms with van der Waals surface area (Å²) in [6.07, 6.45) is 5.55. The SMILES string of the molecule is CC.CC1=C(C)N=C(Cc2ccccc2)C1.[CH3-].[Y].c1ccncc1. The number of nitrogens with zero attached hydrogens (tertiary/aromatic N) is 2. The van der Waals surface area contributed by atoms with Crippen molar-refractivity contribution in [3.63, 3.8) is 0 Å². The Morgan fingerprint density at radius 2 is 1.42 bits per heavy atom. The fraction of sp³-hybridized carbons (Fsp3) is 0.286. The van der Waals surface area contributed by atoms with Gasteiger partial charge in [-0.3, -0.25) is 9.98 Å². The van der Waals surface area contributed by atoms with Crippen molar-refractivity contribution in [3.05, 3.63) is 85.2 Å². The zero-order chi connectivity index (χ0) is 16.2. The van der Waals surface area contributed by atoms with Gasteiger partial charge in [-0.15, -0.1) is 0 Å². The Hall–Kier alpha value is -1.12. The van der Waals surface area contributed by atoms with Gasteiger partial charge in [-0.1, -0.05) is 50.2 Å². The molecular formula is C21H29N2Y-. The smallest absolute Gasteiger partial charge is 0.0365 e. The van der Waals surface area contributed by atoms with Crippen LogP contribution in [0.4, 0.5) is 0 Å². The second-order valence-corrected chi connectivity index (χ2v) is 4.91. The van der Waals surface area contributed by atoms with Gasteiger partial charge in [0.25, 0.3) is 0 Å². The summed E-state index contributed by atoms with van der Waals surface area (Å²) in [4.78, 5) is 8.35. The van der Waals surface area contributed by atoms with E-state index in [0.29, 0.717) is 0 Å². The molecule has 24 heavy (non-hydrogen) atoms. The van der Waals surface area contributed by atoms with E-state index >= 15 is 0 Å². The van der Waals surface area contributed by atoms with Crippen LogP contribution < -0.4 is 0 Å². The zero-order valence-corrected chi connectivity index (χ0v) is 18.5. The molecule has 2 aromatic rings. The van der Waals surface area contributed by atoms with Crippen molar-refractivity contribution in [1.29, 1.82) is 0 Å². The first-order valence-electron chi connectivity index (χ1n) is 7.87. The van der Waals surface area contributed by atoms with Crippen LogP contribution in [-0.4, -0.2) is 10.7 Å². The van der Waals surface area contributed by atoms with Crippen LogP contribution in [0.25, 0.3) is 0 Å². The fourth-order valence-corrected chi connectivity index (χ4v) is 2.05. The summed E-state index contributed by atoms with van der Waals surface area (Å²) in [5, 5.41) is 0. The Balaban J connectivity index is 0. The van der Waals surface area contributed by atoms with Crippen LogP contribution in [0.3, 0.4) is 0 Å². The van der Waals surface area contributed by atoms with E-state index in [1.807, 2.05) is 32.0 Å². The molecule has 0 bridgehead atoms. The molecule has 0 amide bonds. The molecule has 1 aromatic heterocycles. The maximum Gasteiger partial charge on any atom is 0.0365 e. The minimum atomic E-state index is 0. The Kier molecular flexibility index (Phi) is 16.1. The molecule has 2 heterocycles. The van der Waals surface area contributed by atoms with E-state index in [1.54, 1.807) is 12.4 Å². The standard InChI is InChI=1S/C13H15N.C5H5N.C2H6.CH3.Y/c1-10-8-13(14-11(10)2)9-12-6-4-3-5-7-12;1-2-4-6-5-3-1;1-2;;/h3-7H,8-9H2,1-2H3;1-5H;1-2H3;1H3;/q;;;-1;. The third-order valence-electron chi connectivity index (χ3n) is 3.23. The van der Waals surface area contributed by atoms with E-state index in [0.717, 1.165) is 12.8 Å². The fourth-order valence-electron chi connectivity index (χ4n) is 2.05. The predicted molar refractivity (Wildman–Crippen MR) is 103 cm³/mol. The molecule has 1 aliphatic heterocycles. The summed E-state index contributed by atoms with van der Waals surface area (Å²) in [5.74, 6) is 0. The van der Waals surface area contributed by atoms with E-state index in [4.69, 9.17) is 0 Å². The molecule has 1 aliphatic rings. The molecule has 3 heteroatoms. The zero-order valence-electron chi connectivity index (χ0n) is 15.7.